The highest BCUT2D eigenvalue weighted by atomic mass is 16.5. The number of pyridine rings is 1. The Labute approximate surface area is 128 Å². The predicted molar refractivity (Wildman–Crippen MR) is 87.7 cm³/mol. The van der Waals surface area contributed by atoms with E-state index in [1.165, 1.54) is 12.8 Å². The summed E-state index contributed by atoms with van der Waals surface area (Å²) in [5, 5.41) is 6.58. The van der Waals surface area contributed by atoms with Gasteiger partial charge in [-0.25, -0.2) is 4.98 Å². The molecule has 1 aromatic rings. The minimum atomic E-state index is 0.628. The molecule has 0 aliphatic carbocycles. The molecule has 0 amide bonds. The topological polar surface area (TPSA) is 58.5 Å². The van der Waals surface area contributed by atoms with Crippen LogP contribution in [0.4, 0.5) is 0 Å². The molecule has 0 radical (unpaired) electrons. The zero-order valence-electron chi connectivity index (χ0n) is 13.6. The Bertz CT molecular complexity index is 432. The van der Waals surface area contributed by atoms with Crippen molar-refractivity contribution in [3.8, 4) is 5.88 Å². The van der Waals surface area contributed by atoms with E-state index in [0.29, 0.717) is 12.4 Å². The maximum absolute atomic E-state index is 5.11. The minimum Gasteiger partial charge on any atom is -0.481 e. The number of nitrogens with zero attached hydrogens (tertiary/aromatic N) is 2. The van der Waals surface area contributed by atoms with Gasteiger partial charge >= 0.3 is 0 Å². The summed E-state index contributed by atoms with van der Waals surface area (Å²) in [4.78, 5) is 8.57. The first-order chi connectivity index (χ1) is 10.2. The van der Waals surface area contributed by atoms with Crippen LogP contribution in [0.2, 0.25) is 0 Å². The van der Waals surface area contributed by atoms with Crippen molar-refractivity contribution in [3.05, 3.63) is 23.9 Å². The van der Waals surface area contributed by atoms with Crippen molar-refractivity contribution >= 4 is 5.96 Å². The van der Waals surface area contributed by atoms with Crippen LogP contribution in [-0.4, -0.2) is 31.6 Å². The van der Waals surface area contributed by atoms with E-state index in [1.54, 1.807) is 14.2 Å². The molecule has 0 saturated carbocycles. The number of hydrogen-bond acceptors (Lipinski definition) is 3. The molecule has 5 nitrogen and oxygen atoms in total. The Kier molecular flexibility index (Phi) is 8.24. The first-order valence-electron chi connectivity index (χ1n) is 7.60. The van der Waals surface area contributed by atoms with E-state index in [-0.39, 0.29) is 0 Å². The Morgan fingerprint density at radius 2 is 2.10 bits per heavy atom. The lowest BCUT2D eigenvalue weighted by Gasteiger charge is -2.12. The van der Waals surface area contributed by atoms with Crippen LogP contribution in [0.3, 0.4) is 0 Å². The maximum atomic E-state index is 5.11. The molecule has 118 valence electrons. The molecule has 0 aromatic carbocycles. The number of guanidine groups is 1. The van der Waals surface area contributed by atoms with Crippen molar-refractivity contribution in [1.82, 2.24) is 15.6 Å². The predicted octanol–water partition coefficient (Wildman–Crippen LogP) is 2.58. The van der Waals surface area contributed by atoms with Gasteiger partial charge in [-0.3, -0.25) is 4.99 Å². The monoisotopic (exact) mass is 292 g/mol. The van der Waals surface area contributed by atoms with Gasteiger partial charge in [-0.15, -0.1) is 0 Å². The molecule has 1 rings (SSSR count). The fourth-order valence-corrected chi connectivity index (χ4v) is 1.95. The van der Waals surface area contributed by atoms with Gasteiger partial charge in [-0.05, 0) is 18.4 Å². The highest BCUT2D eigenvalue weighted by Crippen LogP contribution is 2.06. The van der Waals surface area contributed by atoms with Crippen molar-refractivity contribution in [2.24, 2.45) is 10.9 Å². The van der Waals surface area contributed by atoms with Gasteiger partial charge in [0.05, 0.1) is 19.3 Å². The standard InChI is InChI=1S/C16H28N4O/c1-13(2)8-5-6-11-18-16(17-3)19-12-14-9-7-10-15(20-14)21-4/h7,9-10,13H,5-6,8,11-12H2,1-4H3,(H2,17,18,19). The molecule has 1 heterocycles. The van der Waals surface area contributed by atoms with Crippen LogP contribution >= 0.6 is 0 Å². The first kappa shape index (κ1) is 17.3. The van der Waals surface area contributed by atoms with Gasteiger partial charge in [0.1, 0.15) is 0 Å². The molecule has 0 aliphatic heterocycles. The minimum absolute atomic E-state index is 0.628. The summed E-state index contributed by atoms with van der Waals surface area (Å²) >= 11 is 0. The molecule has 0 saturated heterocycles. The SMILES string of the molecule is CN=C(NCCCCC(C)C)NCc1cccc(OC)n1. The average molecular weight is 292 g/mol. The molecule has 2 N–H and O–H groups in total. The first-order valence-corrected chi connectivity index (χ1v) is 7.60. The van der Waals surface area contributed by atoms with Gasteiger partial charge in [0.15, 0.2) is 5.96 Å². The van der Waals surface area contributed by atoms with E-state index in [0.717, 1.165) is 30.5 Å². The lowest BCUT2D eigenvalue weighted by atomic mass is 10.1. The zero-order valence-corrected chi connectivity index (χ0v) is 13.6. The third-order valence-electron chi connectivity index (χ3n) is 3.15. The number of ether oxygens (including phenoxy) is 1. The van der Waals surface area contributed by atoms with E-state index in [4.69, 9.17) is 4.74 Å². The fourth-order valence-electron chi connectivity index (χ4n) is 1.95. The number of methoxy groups -OCH3 is 1. The van der Waals surface area contributed by atoms with Crippen molar-refractivity contribution in [2.45, 2.75) is 39.7 Å². The summed E-state index contributed by atoms with van der Waals surface area (Å²) in [5.74, 6) is 2.22. The normalized spacial score (nSPS) is 11.6. The van der Waals surface area contributed by atoms with E-state index in [9.17, 15) is 0 Å². The Morgan fingerprint density at radius 1 is 1.29 bits per heavy atom. The van der Waals surface area contributed by atoms with Crippen LogP contribution in [0.1, 0.15) is 38.8 Å². The number of nitrogens with one attached hydrogen (secondary N) is 2. The average Bonchev–Trinajstić information content (AvgIpc) is 2.50. The van der Waals surface area contributed by atoms with Gasteiger partial charge in [0.25, 0.3) is 0 Å². The molecule has 21 heavy (non-hydrogen) atoms. The molecular formula is C16H28N4O. The van der Waals surface area contributed by atoms with E-state index < -0.39 is 0 Å². The summed E-state index contributed by atoms with van der Waals surface area (Å²) in [6.07, 6.45) is 3.69. The molecular weight excluding hydrogens is 264 g/mol. The van der Waals surface area contributed by atoms with Gasteiger partial charge in [-0.1, -0.05) is 32.8 Å². The summed E-state index contributed by atoms with van der Waals surface area (Å²) in [6, 6.07) is 5.74. The van der Waals surface area contributed by atoms with Crippen molar-refractivity contribution in [2.75, 3.05) is 20.7 Å². The number of hydrogen-bond donors (Lipinski definition) is 2. The van der Waals surface area contributed by atoms with Crippen LogP contribution in [-0.2, 0) is 6.54 Å². The molecule has 0 aliphatic rings. The summed E-state index contributed by atoms with van der Waals surface area (Å²) < 4.78 is 5.11. The number of rotatable bonds is 8. The molecule has 0 fully saturated rings. The summed E-state index contributed by atoms with van der Waals surface area (Å²) in [5.41, 5.74) is 0.928. The number of aromatic nitrogens is 1. The molecule has 5 heteroatoms. The highest BCUT2D eigenvalue weighted by Gasteiger charge is 2.01. The third-order valence-corrected chi connectivity index (χ3v) is 3.15. The number of aliphatic imine (C=N–C) groups is 1. The third kappa shape index (κ3) is 7.54. The van der Waals surface area contributed by atoms with Gasteiger partial charge < -0.3 is 15.4 Å². The lowest BCUT2D eigenvalue weighted by molar-refractivity contribution is 0.396. The van der Waals surface area contributed by atoms with Crippen molar-refractivity contribution < 1.29 is 4.74 Å². The van der Waals surface area contributed by atoms with Crippen LogP contribution in [0.5, 0.6) is 5.88 Å². The molecule has 0 unspecified atom stereocenters. The van der Waals surface area contributed by atoms with Crippen LogP contribution in [0.15, 0.2) is 23.2 Å². The smallest absolute Gasteiger partial charge is 0.213 e. The van der Waals surface area contributed by atoms with Gasteiger partial charge in [0, 0.05) is 19.7 Å². The summed E-state index contributed by atoms with van der Waals surface area (Å²) in [6.45, 7) is 6.09. The van der Waals surface area contributed by atoms with Gasteiger partial charge in [0.2, 0.25) is 5.88 Å². The second-order valence-electron chi connectivity index (χ2n) is 5.41. The van der Waals surface area contributed by atoms with E-state index in [2.05, 4.69) is 34.5 Å². The van der Waals surface area contributed by atoms with E-state index in [1.807, 2.05) is 18.2 Å². The lowest BCUT2D eigenvalue weighted by Crippen LogP contribution is -2.37. The van der Waals surface area contributed by atoms with Crippen LogP contribution in [0, 0.1) is 5.92 Å². The van der Waals surface area contributed by atoms with Crippen LogP contribution in [0.25, 0.3) is 0 Å². The number of unbranched alkanes of at least 4 members (excludes halogenated alkanes) is 1. The van der Waals surface area contributed by atoms with Crippen LogP contribution < -0.4 is 15.4 Å². The van der Waals surface area contributed by atoms with Crippen molar-refractivity contribution in [3.63, 3.8) is 0 Å². The maximum Gasteiger partial charge on any atom is 0.213 e. The molecule has 0 spiro atoms. The van der Waals surface area contributed by atoms with Gasteiger partial charge in [-0.2, -0.15) is 0 Å². The Hall–Kier alpha value is -1.78. The molecule has 0 atom stereocenters. The summed E-state index contributed by atoms with van der Waals surface area (Å²) in [7, 11) is 3.40. The fraction of sp³-hybridized carbons (Fsp3) is 0.625. The quantitative estimate of drug-likeness (QED) is 0.439. The zero-order chi connectivity index (χ0) is 15.5. The highest BCUT2D eigenvalue weighted by molar-refractivity contribution is 5.79. The molecule has 0 bridgehead atoms. The largest absolute Gasteiger partial charge is 0.481 e. The Balaban J connectivity index is 2.27. The second kappa shape index (κ2) is 10.0. The van der Waals surface area contributed by atoms with Crippen molar-refractivity contribution in [1.29, 1.82) is 0 Å². The van der Waals surface area contributed by atoms with E-state index >= 15 is 0 Å². The Morgan fingerprint density at radius 3 is 2.76 bits per heavy atom. The second-order valence-corrected chi connectivity index (χ2v) is 5.41. The molecule has 1 aromatic heterocycles.